The predicted molar refractivity (Wildman–Crippen MR) is 135 cm³/mol. The fourth-order valence-corrected chi connectivity index (χ4v) is 8.81. The maximum Gasteiger partial charge on any atom is 0.166 e. The minimum absolute atomic E-state index is 0.147. The number of rotatable bonds is 4. The number of aryl methyl sites for hydroxylation is 1. The van der Waals surface area contributed by atoms with Crippen molar-refractivity contribution in [2.45, 2.75) is 68.6 Å². The van der Waals surface area contributed by atoms with Gasteiger partial charge in [-0.15, -0.1) is 0 Å². The van der Waals surface area contributed by atoms with Crippen molar-refractivity contribution in [2.24, 2.45) is 13.0 Å². The number of aromatic nitrogens is 1. The summed E-state index contributed by atoms with van der Waals surface area (Å²) in [5, 5.41) is 12.3. The number of nitrogens with zero attached hydrogens (tertiary/aromatic N) is 2. The van der Waals surface area contributed by atoms with Crippen molar-refractivity contribution in [3.05, 3.63) is 58.8 Å². The Labute approximate surface area is 206 Å². The molecule has 0 unspecified atom stereocenters. The summed E-state index contributed by atoms with van der Waals surface area (Å²) < 4.78 is 16.3. The van der Waals surface area contributed by atoms with Crippen LogP contribution in [0.3, 0.4) is 0 Å². The Morgan fingerprint density at radius 3 is 2.83 bits per heavy atom. The van der Waals surface area contributed by atoms with Crippen molar-refractivity contribution in [2.75, 3.05) is 19.7 Å². The van der Waals surface area contributed by atoms with E-state index in [-0.39, 0.29) is 22.9 Å². The third-order valence-corrected chi connectivity index (χ3v) is 10.4. The molecule has 0 amide bonds. The lowest BCUT2D eigenvalue weighted by Crippen LogP contribution is -2.75. The van der Waals surface area contributed by atoms with Crippen molar-refractivity contribution in [1.29, 1.82) is 0 Å². The van der Waals surface area contributed by atoms with Gasteiger partial charge in [0.15, 0.2) is 17.6 Å². The van der Waals surface area contributed by atoms with E-state index in [9.17, 15) is 5.11 Å². The number of aromatic hydroxyl groups is 1. The molecule has 8 rings (SSSR count). The van der Waals surface area contributed by atoms with E-state index in [2.05, 4.69) is 53.8 Å². The van der Waals surface area contributed by atoms with Crippen LogP contribution in [0.25, 0.3) is 10.9 Å². The summed E-state index contributed by atoms with van der Waals surface area (Å²) in [5.74, 6) is 1.81. The van der Waals surface area contributed by atoms with E-state index >= 15 is 0 Å². The molecule has 3 heterocycles. The first-order valence-corrected chi connectivity index (χ1v) is 13.5. The molecule has 1 aromatic heterocycles. The van der Waals surface area contributed by atoms with Gasteiger partial charge in [0.1, 0.15) is 5.60 Å². The highest BCUT2D eigenvalue weighted by Crippen LogP contribution is 2.70. The molecule has 4 atom stereocenters. The topological polar surface area (TPSA) is 46.9 Å². The van der Waals surface area contributed by atoms with Crippen LogP contribution in [0.2, 0.25) is 0 Å². The first kappa shape index (κ1) is 20.7. The second-order valence-corrected chi connectivity index (χ2v) is 11.6. The quantitative estimate of drug-likeness (QED) is 0.582. The zero-order valence-corrected chi connectivity index (χ0v) is 20.7. The Balaban J connectivity index is 1.43. The molecule has 2 aliphatic heterocycles. The lowest BCUT2D eigenvalue weighted by Gasteiger charge is -2.65. The number of piperidine rings is 1. The van der Waals surface area contributed by atoms with Gasteiger partial charge in [-0.2, -0.15) is 0 Å². The molecule has 0 radical (unpaired) electrons. The first-order valence-electron chi connectivity index (χ1n) is 13.5. The van der Waals surface area contributed by atoms with Crippen LogP contribution >= 0.6 is 0 Å². The second-order valence-electron chi connectivity index (χ2n) is 11.6. The average Bonchev–Trinajstić information content (AvgIpc) is 3.31. The van der Waals surface area contributed by atoms with Crippen LogP contribution in [0.15, 0.2) is 36.4 Å². The van der Waals surface area contributed by atoms with Crippen LogP contribution in [0.1, 0.15) is 61.1 Å². The molecule has 2 bridgehead atoms. The third kappa shape index (κ3) is 2.29. The fourth-order valence-electron chi connectivity index (χ4n) is 8.81. The summed E-state index contributed by atoms with van der Waals surface area (Å²) in [6.07, 6.45) is 6.83. The number of hydrogen-bond acceptors (Lipinski definition) is 4. The molecule has 1 saturated carbocycles. The minimum atomic E-state index is -0.364. The van der Waals surface area contributed by atoms with E-state index in [1.165, 1.54) is 59.1 Å². The van der Waals surface area contributed by atoms with Crippen molar-refractivity contribution < 1.29 is 14.6 Å². The van der Waals surface area contributed by atoms with Crippen LogP contribution in [0.4, 0.5) is 0 Å². The molecule has 35 heavy (non-hydrogen) atoms. The molecule has 5 aliphatic rings. The lowest BCUT2D eigenvalue weighted by molar-refractivity contribution is -0.204. The molecule has 1 saturated heterocycles. The van der Waals surface area contributed by atoms with Gasteiger partial charge in [0.25, 0.3) is 0 Å². The van der Waals surface area contributed by atoms with Gasteiger partial charge < -0.3 is 19.1 Å². The van der Waals surface area contributed by atoms with Crippen molar-refractivity contribution >= 4 is 10.9 Å². The summed E-state index contributed by atoms with van der Waals surface area (Å²) in [6, 6.07) is 13.1. The largest absolute Gasteiger partial charge is 0.504 e. The number of phenols is 1. The molecule has 2 fully saturated rings. The predicted octanol–water partition coefficient (Wildman–Crippen LogP) is 5.02. The number of likely N-dealkylation sites (tertiary alicyclic amines) is 1. The Morgan fingerprint density at radius 2 is 2.03 bits per heavy atom. The summed E-state index contributed by atoms with van der Waals surface area (Å²) in [4.78, 5) is 2.78. The molecule has 1 N–H and O–H groups in total. The highest BCUT2D eigenvalue weighted by atomic mass is 16.5. The van der Waals surface area contributed by atoms with Crippen LogP contribution in [-0.4, -0.2) is 45.9 Å². The highest BCUT2D eigenvalue weighted by Gasteiger charge is 2.74. The average molecular weight is 471 g/mol. The van der Waals surface area contributed by atoms with Gasteiger partial charge in [0.2, 0.25) is 0 Å². The van der Waals surface area contributed by atoms with Crippen LogP contribution in [0.5, 0.6) is 11.5 Å². The maximum atomic E-state index is 11.0. The van der Waals surface area contributed by atoms with Crippen molar-refractivity contribution in [3.8, 4) is 11.5 Å². The molecular formula is C30H34N2O3. The summed E-state index contributed by atoms with van der Waals surface area (Å²) in [6.45, 7) is 5.10. The summed E-state index contributed by atoms with van der Waals surface area (Å²) in [7, 11) is 2.19. The van der Waals surface area contributed by atoms with Gasteiger partial charge in [-0.05, 0) is 68.3 Å². The van der Waals surface area contributed by atoms with Gasteiger partial charge in [-0.1, -0.05) is 30.7 Å². The smallest absolute Gasteiger partial charge is 0.166 e. The summed E-state index contributed by atoms with van der Waals surface area (Å²) >= 11 is 0. The SMILES string of the molecule is CCO[C@@]12Cc3c(n(C)c4ccccc34)[C@@H]3Oc4c(O)ccc5c4[C@@]31CCN(CC1CCC1)[C@@H]2C5. The van der Waals surface area contributed by atoms with E-state index in [1.54, 1.807) is 0 Å². The Bertz CT molecular complexity index is 1370. The zero-order chi connectivity index (χ0) is 23.5. The molecule has 5 heteroatoms. The lowest BCUT2D eigenvalue weighted by atomic mass is 9.48. The normalized spacial score (nSPS) is 32.7. The second kappa shape index (κ2) is 6.83. The highest BCUT2D eigenvalue weighted by molar-refractivity contribution is 5.87. The first-order chi connectivity index (χ1) is 17.1. The fraction of sp³-hybridized carbons (Fsp3) is 0.533. The van der Waals surface area contributed by atoms with Crippen LogP contribution in [-0.2, 0) is 30.0 Å². The molecule has 1 spiro atoms. The molecular weight excluding hydrogens is 436 g/mol. The van der Waals surface area contributed by atoms with E-state index in [0.717, 1.165) is 31.7 Å². The van der Waals surface area contributed by atoms with E-state index in [4.69, 9.17) is 9.47 Å². The molecule has 182 valence electrons. The third-order valence-electron chi connectivity index (χ3n) is 10.4. The number of fused-ring (bicyclic) bond motifs is 4. The standard InChI is InChI=1S/C30H34N2O3/c1-3-34-30-16-21-20-9-4-5-10-22(20)31(2)26(21)28-29(30)13-14-32(17-18-7-6-8-18)24(30)15-19-11-12-23(33)27(35-28)25(19)29/h4-5,9-12,18,24,28,33H,3,6-8,13-17H2,1-2H3/t24-,28+,29+,30-/m1/s1. The number of para-hydroxylation sites is 1. The molecule has 3 aliphatic carbocycles. The van der Waals surface area contributed by atoms with Gasteiger partial charge in [-0.25, -0.2) is 0 Å². The molecule has 2 aromatic carbocycles. The van der Waals surface area contributed by atoms with Gasteiger partial charge in [-0.3, -0.25) is 4.90 Å². The van der Waals surface area contributed by atoms with Crippen LogP contribution < -0.4 is 4.74 Å². The maximum absolute atomic E-state index is 11.0. The number of phenolic OH excluding ortho intramolecular Hbond substituents is 1. The summed E-state index contributed by atoms with van der Waals surface area (Å²) in [5.41, 5.74) is 5.86. The Hall–Kier alpha value is -2.50. The Morgan fingerprint density at radius 1 is 1.17 bits per heavy atom. The van der Waals surface area contributed by atoms with Crippen molar-refractivity contribution in [1.82, 2.24) is 9.47 Å². The van der Waals surface area contributed by atoms with E-state index < -0.39 is 0 Å². The number of hydrogen-bond donors (Lipinski definition) is 1. The Kier molecular flexibility index (Phi) is 4.03. The minimum Gasteiger partial charge on any atom is -0.504 e. The molecule has 3 aromatic rings. The monoisotopic (exact) mass is 470 g/mol. The number of benzene rings is 2. The van der Waals surface area contributed by atoms with Gasteiger partial charge in [0.05, 0.1) is 11.1 Å². The van der Waals surface area contributed by atoms with Gasteiger partial charge in [0, 0.05) is 49.1 Å². The van der Waals surface area contributed by atoms with Crippen molar-refractivity contribution in [3.63, 3.8) is 0 Å². The molecule has 5 nitrogen and oxygen atoms in total. The van der Waals surface area contributed by atoms with Crippen LogP contribution in [0, 0.1) is 5.92 Å². The van der Waals surface area contributed by atoms with E-state index in [1.807, 2.05) is 6.07 Å². The van der Waals surface area contributed by atoms with Gasteiger partial charge >= 0.3 is 0 Å². The zero-order valence-electron chi connectivity index (χ0n) is 20.7. The van der Waals surface area contributed by atoms with E-state index in [0.29, 0.717) is 18.4 Å². The number of ether oxygens (including phenoxy) is 2.